The summed E-state index contributed by atoms with van der Waals surface area (Å²) in [5.74, 6) is 0. The third-order valence-corrected chi connectivity index (χ3v) is 6.42. The number of aryl methyl sites for hydroxylation is 3. The molecule has 0 unspecified atom stereocenters. The first-order valence-electron chi connectivity index (χ1n) is 9.28. The summed E-state index contributed by atoms with van der Waals surface area (Å²) in [6.45, 7) is 17.5. The van der Waals surface area contributed by atoms with Crippen LogP contribution >= 0.6 is 0 Å². The van der Waals surface area contributed by atoms with Gasteiger partial charge in [-0.25, -0.2) is 0 Å². The van der Waals surface area contributed by atoms with Crippen molar-refractivity contribution >= 4 is 12.2 Å². The molecule has 0 spiro atoms. The maximum absolute atomic E-state index is 2.47. The zero-order valence-electron chi connectivity index (χ0n) is 16.0. The van der Waals surface area contributed by atoms with E-state index < -0.39 is 0 Å². The molecule has 0 saturated carbocycles. The van der Waals surface area contributed by atoms with Crippen molar-refractivity contribution in [2.24, 2.45) is 10.8 Å². The van der Waals surface area contributed by atoms with Crippen LogP contribution in [0.2, 0.25) is 12.6 Å². The van der Waals surface area contributed by atoms with E-state index in [2.05, 4.69) is 60.6 Å². The second-order valence-electron chi connectivity index (χ2n) is 8.98. The highest BCUT2D eigenvalue weighted by atomic mass is 14.4. The molecule has 0 radical (unpaired) electrons. The molecule has 0 aliphatic carbocycles. The van der Waals surface area contributed by atoms with Crippen LogP contribution in [0.3, 0.4) is 0 Å². The molecule has 0 nitrogen and oxygen atoms in total. The third kappa shape index (κ3) is 3.44. The molecule has 1 aromatic carbocycles. The first-order valence-corrected chi connectivity index (χ1v) is 9.28. The van der Waals surface area contributed by atoms with E-state index in [9.17, 15) is 0 Å². The van der Waals surface area contributed by atoms with E-state index in [1.54, 1.807) is 11.0 Å². The molecule has 122 valence electrons. The molecule has 0 amide bonds. The second kappa shape index (κ2) is 6.42. The first kappa shape index (κ1) is 17.6. The molecular weight excluding hydrogens is 263 g/mol. The summed E-state index contributed by atoms with van der Waals surface area (Å²) in [7, 11) is 0. The Morgan fingerprint density at radius 1 is 0.955 bits per heavy atom. The lowest BCUT2D eigenvalue weighted by molar-refractivity contribution is 0.177. The normalized spacial score (nSPS) is 19.7. The third-order valence-electron chi connectivity index (χ3n) is 6.42. The van der Waals surface area contributed by atoms with Crippen molar-refractivity contribution in [3.8, 4) is 0 Å². The van der Waals surface area contributed by atoms with Gasteiger partial charge in [-0.15, -0.1) is 0 Å². The van der Waals surface area contributed by atoms with Crippen LogP contribution < -0.4 is 5.46 Å². The lowest BCUT2D eigenvalue weighted by Gasteiger charge is -2.35. The molecule has 1 aromatic rings. The molecule has 2 rings (SSSR count). The Labute approximate surface area is 139 Å². The highest BCUT2D eigenvalue weighted by Gasteiger charge is 2.48. The van der Waals surface area contributed by atoms with Crippen LogP contribution in [-0.4, -0.2) is 6.71 Å². The maximum Gasteiger partial charge on any atom is 0.177 e. The van der Waals surface area contributed by atoms with Gasteiger partial charge in [0.15, 0.2) is 6.71 Å². The molecule has 1 saturated heterocycles. The van der Waals surface area contributed by atoms with Crippen LogP contribution in [0, 0.1) is 24.7 Å². The number of rotatable bonds is 5. The van der Waals surface area contributed by atoms with Crippen molar-refractivity contribution in [3.05, 3.63) is 28.8 Å². The summed E-state index contributed by atoms with van der Waals surface area (Å²) in [5, 5.41) is 0. The zero-order chi connectivity index (χ0) is 16.5. The molecule has 0 atom stereocenters. The molecule has 0 aromatic heterocycles. The summed E-state index contributed by atoms with van der Waals surface area (Å²) in [6.07, 6.45) is 7.95. The maximum atomic E-state index is 2.47. The van der Waals surface area contributed by atoms with Gasteiger partial charge in [0.1, 0.15) is 0 Å². The smallest absolute Gasteiger partial charge is 0.0740 e. The van der Waals surface area contributed by atoms with Crippen molar-refractivity contribution in [1.29, 1.82) is 0 Å². The van der Waals surface area contributed by atoms with E-state index in [-0.39, 0.29) is 0 Å². The van der Waals surface area contributed by atoms with Crippen LogP contribution in [0.1, 0.15) is 70.6 Å². The Kier molecular flexibility index (Phi) is 5.14. The highest BCUT2D eigenvalue weighted by molar-refractivity contribution is 6.75. The number of unbranched alkanes of at least 4 members (excludes halogenated alkanes) is 2. The minimum Gasteiger partial charge on any atom is -0.0740 e. The van der Waals surface area contributed by atoms with Crippen LogP contribution in [0.25, 0.3) is 0 Å². The van der Waals surface area contributed by atoms with Gasteiger partial charge in [0.05, 0.1) is 0 Å². The van der Waals surface area contributed by atoms with Crippen molar-refractivity contribution in [2.45, 2.75) is 86.8 Å². The number of hydrogen-bond donors (Lipinski definition) is 0. The molecule has 1 heterocycles. The molecule has 0 N–H and O–H groups in total. The van der Waals surface area contributed by atoms with Gasteiger partial charge in [0.25, 0.3) is 0 Å². The molecular formula is C21H35B. The first-order chi connectivity index (χ1) is 10.2. The molecule has 1 fully saturated rings. The molecule has 1 heteroatoms. The minimum absolute atomic E-state index is 0.440. The topological polar surface area (TPSA) is 0 Å². The largest absolute Gasteiger partial charge is 0.177 e. The fourth-order valence-electron chi connectivity index (χ4n) is 4.48. The highest BCUT2D eigenvalue weighted by Crippen LogP contribution is 2.52. The number of benzene rings is 1. The average molecular weight is 298 g/mol. The molecule has 22 heavy (non-hydrogen) atoms. The van der Waals surface area contributed by atoms with Gasteiger partial charge in [-0.3, -0.25) is 0 Å². The predicted octanol–water partition coefficient (Wildman–Crippen LogP) is 5.80. The van der Waals surface area contributed by atoms with Gasteiger partial charge in [0, 0.05) is 0 Å². The summed E-state index contributed by atoms with van der Waals surface area (Å²) in [6, 6.07) is 4.87. The van der Waals surface area contributed by atoms with Crippen molar-refractivity contribution in [3.63, 3.8) is 0 Å². The average Bonchev–Trinajstić information content (AvgIpc) is 2.57. The Hall–Kier alpha value is -0.715. The fourth-order valence-corrected chi connectivity index (χ4v) is 4.48. The van der Waals surface area contributed by atoms with Gasteiger partial charge in [-0.1, -0.05) is 94.4 Å². The molecule has 0 bridgehead atoms. The van der Waals surface area contributed by atoms with Crippen molar-refractivity contribution < 1.29 is 0 Å². The second-order valence-corrected chi connectivity index (χ2v) is 8.98. The Balaban J connectivity index is 2.34. The predicted molar refractivity (Wildman–Crippen MR) is 102 cm³/mol. The zero-order valence-corrected chi connectivity index (χ0v) is 16.0. The van der Waals surface area contributed by atoms with Crippen LogP contribution in [0.4, 0.5) is 0 Å². The van der Waals surface area contributed by atoms with Crippen molar-refractivity contribution in [2.75, 3.05) is 0 Å². The van der Waals surface area contributed by atoms with E-state index in [0.717, 1.165) is 6.71 Å². The van der Waals surface area contributed by atoms with Crippen molar-refractivity contribution in [1.82, 2.24) is 0 Å². The van der Waals surface area contributed by atoms with E-state index in [1.165, 1.54) is 49.5 Å². The lowest BCUT2D eigenvalue weighted by atomic mass is 9.40. The summed E-state index contributed by atoms with van der Waals surface area (Å²) < 4.78 is 0. The monoisotopic (exact) mass is 298 g/mol. The number of hydrogen-bond acceptors (Lipinski definition) is 0. The van der Waals surface area contributed by atoms with Crippen LogP contribution in [0.15, 0.2) is 12.1 Å². The van der Waals surface area contributed by atoms with Gasteiger partial charge < -0.3 is 0 Å². The Morgan fingerprint density at radius 3 is 2.09 bits per heavy atom. The van der Waals surface area contributed by atoms with E-state index in [0.29, 0.717) is 10.8 Å². The Bertz CT molecular complexity index is 509. The fraction of sp³-hybridized carbons (Fsp3) is 0.714. The standard InChI is InChI=1S/C21H35B/c1-8-9-10-11-18-13-16(2)12-17(3)19(18)22-14-20(4,5)21(6,7)15-22/h12-13H,8-11,14-15H2,1-7H3. The van der Waals surface area contributed by atoms with E-state index >= 15 is 0 Å². The van der Waals surface area contributed by atoms with Crippen LogP contribution in [0.5, 0.6) is 0 Å². The Morgan fingerprint density at radius 2 is 1.55 bits per heavy atom. The summed E-state index contributed by atoms with van der Waals surface area (Å²) >= 11 is 0. The van der Waals surface area contributed by atoms with E-state index in [4.69, 9.17) is 0 Å². The van der Waals surface area contributed by atoms with Crippen LogP contribution in [-0.2, 0) is 6.42 Å². The minimum atomic E-state index is 0.440. The summed E-state index contributed by atoms with van der Waals surface area (Å²) in [4.78, 5) is 0. The van der Waals surface area contributed by atoms with Gasteiger partial charge in [-0.2, -0.15) is 0 Å². The van der Waals surface area contributed by atoms with E-state index in [1.807, 2.05) is 0 Å². The summed E-state index contributed by atoms with van der Waals surface area (Å²) in [5.41, 5.74) is 7.19. The quantitative estimate of drug-likeness (QED) is 0.476. The molecule has 1 aliphatic rings. The SMILES string of the molecule is CCCCCc1cc(C)cc(C)c1B1CC(C)(C)C(C)(C)C1. The van der Waals surface area contributed by atoms with Gasteiger partial charge in [0.2, 0.25) is 0 Å². The van der Waals surface area contributed by atoms with Gasteiger partial charge >= 0.3 is 0 Å². The lowest BCUT2D eigenvalue weighted by Crippen LogP contribution is -2.34. The van der Waals surface area contributed by atoms with Gasteiger partial charge in [-0.05, 0) is 37.5 Å². The molecule has 1 aliphatic heterocycles.